The van der Waals surface area contributed by atoms with Gasteiger partial charge in [-0.05, 0) is 12.1 Å². The summed E-state index contributed by atoms with van der Waals surface area (Å²) in [5.41, 5.74) is 0.179. The number of nitriles is 1. The molecule has 0 radical (unpaired) electrons. The number of morpholine rings is 1. The first-order valence-corrected chi connectivity index (χ1v) is 7.28. The molecule has 1 aliphatic rings. The van der Waals surface area contributed by atoms with Crippen molar-refractivity contribution in [2.24, 2.45) is 0 Å². The highest BCUT2D eigenvalue weighted by atomic mass is 32.2. The summed E-state index contributed by atoms with van der Waals surface area (Å²) < 4.78 is 31.8. The molecule has 2 N–H and O–H groups in total. The van der Waals surface area contributed by atoms with Crippen molar-refractivity contribution in [3.8, 4) is 6.07 Å². The second-order valence-corrected chi connectivity index (χ2v) is 5.81. The lowest BCUT2D eigenvalue weighted by Crippen LogP contribution is -2.45. The van der Waals surface area contributed by atoms with Gasteiger partial charge in [0.1, 0.15) is 16.7 Å². The van der Waals surface area contributed by atoms with Crippen LogP contribution in [-0.2, 0) is 14.8 Å². The number of pyridine rings is 1. The molecule has 0 saturated carbocycles. The van der Waals surface area contributed by atoms with Gasteiger partial charge >= 0.3 is 0 Å². The summed E-state index contributed by atoms with van der Waals surface area (Å²) >= 11 is 0. The van der Waals surface area contributed by atoms with Crippen molar-refractivity contribution in [3.63, 3.8) is 0 Å². The summed E-state index contributed by atoms with van der Waals surface area (Å²) in [4.78, 5) is 3.77. The molecule has 19 heavy (non-hydrogen) atoms. The van der Waals surface area contributed by atoms with Crippen LogP contribution < -0.4 is 10.0 Å². The van der Waals surface area contributed by atoms with Crippen LogP contribution in [0.25, 0.3) is 0 Å². The molecule has 7 nitrogen and oxygen atoms in total. The summed E-state index contributed by atoms with van der Waals surface area (Å²) in [7, 11) is -3.61. The van der Waals surface area contributed by atoms with Gasteiger partial charge in [0.05, 0.1) is 12.7 Å². The molecule has 0 spiro atoms. The van der Waals surface area contributed by atoms with Gasteiger partial charge < -0.3 is 10.1 Å². The molecule has 8 heteroatoms. The van der Waals surface area contributed by atoms with Crippen LogP contribution in [0, 0.1) is 11.3 Å². The SMILES string of the molecule is N#Cc1ccc(S(=O)(=O)NCC2CNCCO2)cn1. The van der Waals surface area contributed by atoms with Gasteiger partial charge in [0.15, 0.2) is 0 Å². The summed E-state index contributed by atoms with van der Waals surface area (Å²) in [6, 6.07) is 4.56. The molecule has 1 saturated heterocycles. The van der Waals surface area contributed by atoms with Crippen LogP contribution in [0.1, 0.15) is 5.69 Å². The number of nitrogens with zero attached hydrogens (tertiary/aromatic N) is 2. The minimum absolute atomic E-state index is 0.0373. The molecular formula is C11H14N4O3S. The Kier molecular flexibility index (Phi) is 4.44. The number of sulfonamides is 1. The van der Waals surface area contributed by atoms with E-state index in [0.29, 0.717) is 13.2 Å². The van der Waals surface area contributed by atoms with Gasteiger partial charge in [0.25, 0.3) is 0 Å². The Bertz CT molecular complexity index is 559. The van der Waals surface area contributed by atoms with Gasteiger partial charge in [0, 0.05) is 25.8 Å². The van der Waals surface area contributed by atoms with Crippen molar-refractivity contribution >= 4 is 10.0 Å². The zero-order chi connectivity index (χ0) is 13.7. The maximum atomic E-state index is 12.0. The fourth-order valence-corrected chi connectivity index (χ4v) is 2.65. The van der Waals surface area contributed by atoms with E-state index in [1.807, 2.05) is 6.07 Å². The maximum absolute atomic E-state index is 12.0. The molecule has 102 valence electrons. The quantitative estimate of drug-likeness (QED) is 0.750. The minimum Gasteiger partial charge on any atom is -0.374 e. The van der Waals surface area contributed by atoms with Gasteiger partial charge in [-0.1, -0.05) is 0 Å². The highest BCUT2D eigenvalue weighted by Gasteiger charge is 2.19. The third-order valence-electron chi connectivity index (χ3n) is 2.67. The number of aromatic nitrogens is 1. The molecule has 2 heterocycles. The van der Waals surface area contributed by atoms with E-state index in [1.54, 1.807) is 0 Å². The largest absolute Gasteiger partial charge is 0.374 e. The van der Waals surface area contributed by atoms with Crippen molar-refractivity contribution < 1.29 is 13.2 Å². The van der Waals surface area contributed by atoms with Crippen molar-refractivity contribution in [2.75, 3.05) is 26.2 Å². The van der Waals surface area contributed by atoms with E-state index < -0.39 is 10.0 Å². The monoisotopic (exact) mass is 282 g/mol. The first-order valence-electron chi connectivity index (χ1n) is 5.80. The molecule has 1 aliphatic heterocycles. The second kappa shape index (κ2) is 6.08. The predicted molar refractivity (Wildman–Crippen MR) is 66.8 cm³/mol. The van der Waals surface area contributed by atoms with Gasteiger partial charge in [-0.15, -0.1) is 0 Å². The van der Waals surface area contributed by atoms with Gasteiger partial charge in [0.2, 0.25) is 10.0 Å². The van der Waals surface area contributed by atoms with Crippen LogP contribution in [0.3, 0.4) is 0 Å². The van der Waals surface area contributed by atoms with Crippen LogP contribution in [-0.4, -0.2) is 45.7 Å². The third kappa shape index (κ3) is 3.71. The molecule has 0 amide bonds. The van der Waals surface area contributed by atoms with Crippen LogP contribution in [0.4, 0.5) is 0 Å². The average molecular weight is 282 g/mol. The fourth-order valence-electron chi connectivity index (χ4n) is 1.64. The number of hydrogen-bond acceptors (Lipinski definition) is 6. The first-order chi connectivity index (χ1) is 9.12. The Morgan fingerprint density at radius 3 is 3.00 bits per heavy atom. The van der Waals surface area contributed by atoms with Crippen molar-refractivity contribution in [2.45, 2.75) is 11.0 Å². The van der Waals surface area contributed by atoms with Crippen LogP contribution in [0.15, 0.2) is 23.2 Å². The molecule has 0 aliphatic carbocycles. The van der Waals surface area contributed by atoms with E-state index >= 15 is 0 Å². The summed E-state index contributed by atoms with van der Waals surface area (Å²) in [6.07, 6.45) is 0.996. The van der Waals surface area contributed by atoms with Gasteiger partial charge in [-0.25, -0.2) is 18.1 Å². The first kappa shape index (κ1) is 13.9. The zero-order valence-corrected chi connectivity index (χ0v) is 11.0. The van der Waals surface area contributed by atoms with Crippen LogP contribution in [0.5, 0.6) is 0 Å². The lowest BCUT2D eigenvalue weighted by Gasteiger charge is -2.23. The fraction of sp³-hybridized carbons (Fsp3) is 0.455. The molecule has 1 unspecified atom stereocenters. The van der Waals surface area contributed by atoms with E-state index in [2.05, 4.69) is 15.0 Å². The van der Waals surface area contributed by atoms with E-state index in [-0.39, 0.29) is 23.2 Å². The van der Waals surface area contributed by atoms with E-state index in [4.69, 9.17) is 10.00 Å². The number of hydrogen-bond donors (Lipinski definition) is 2. The van der Waals surface area contributed by atoms with Crippen molar-refractivity contribution in [1.82, 2.24) is 15.0 Å². The van der Waals surface area contributed by atoms with Crippen LogP contribution in [0.2, 0.25) is 0 Å². The summed E-state index contributed by atoms with van der Waals surface area (Å²) in [5, 5.41) is 11.7. The lowest BCUT2D eigenvalue weighted by molar-refractivity contribution is 0.0324. The zero-order valence-electron chi connectivity index (χ0n) is 10.2. The molecule has 1 atom stereocenters. The van der Waals surface area contributed by atoms with E-state index in [0.717, 1.165) is 6.54 Å². The predicted octanol–water partition coefficient (Wildman–Crippen LogP) is -0.780. The molecule has 1 aromatic heterocycles. The number of rotatable bonds is 4. The number of ether oxygens (including phenoxy) is 1. The summed E-state index contributed by atoms with van der Waals surface area (Å²) in [5.74, 6) is 0. The lowest BCUT2D eigenvalue weighted by atomic mass is 10.3. The van der Waals surface area contributed by atoms with Crippen LogP contribution >= 0.6 is 0 Å². The van der Waals surface area contributed by atoms with Gasteiger partial charge in [-0.2, -0.15) is 5.26 Å². The van der Waals surface area contributed by atoms with E-state index in [1.165, 1.54) is 18.3 Å². The van der Waals surface area contributed by atoms with Crippen molar-refractivity contribution in [3.05, 3.63) is 24.0 Å². The molecule has 0 bridgehead atoms. The second-order valence-electron chi connectivity index (χ2n) is 4.04. The summed E-state index contributed by atoms with van der Waals surface area (Å²) in [6.45, 7) is 2.18. The highest BCUT2D eigenvalue weighted by molar-refractivity contribution is 7.89. The third-order valence-corrected chi connectivity index (χ3v) is 4.08. The highest BCUT2D eigenvalue weighted by Crippen LogP contribution is 2.07. The molecule has 1 aromatic rings. The maximum Gasteiger partial charge on any atom is 0.242 e. The van der Waals surface area contributed by atoms with Crippen molar-refractivity contribution in [1.29, 1.82) is 5.26 Å². The number of nitrogens with one attached hydrogen (secondary N) is 2. The Morgan fingerprint density at radius 2 is 2.42 bits per heavy atom. The van der Waals surface area contributed by atoms with Gasteiger partial charge in [-0.3, -0.25) is 0 Å². The smallest absolute Gasteiger partial charge is 0.242 e. The standard InChI is InChI=1S/C11H14N4O3S/c12-5-9-1-2-11(8-14-9)19(16,17)15-7-10-6-13-3-4-18-10/h1-2,8,10,13,15H,3-4,6-7H2. The molecule has 0 aromatic carbocycles. The van der Waals surface area contributed by atoms with E-state index in [9.17, 15) is 8.42 Å². The molecule has 2 rings (SSSR count). The Balaban J connectivity index is 1.99. The topological polar surface area (TPSA) is 104 Å². The molecular weight excluding hydrogens is 268 g/mol. The Hall–Kier alpha value is -1.53. The normalized spacial score (nSPS) is 19.8. The Labute approximate surface area is 111 Å². The Morgan fingerprint density at radius 1 is 1.58 bits per heavy atom. The minimum atomic E-state index is -3.61. The molecule has 1 fully saturated rings. The average Bonchev–Trinajstić information content (AvgIpc) is 2.46.